The molecule has 3 heterocycles. The summed E-state index contributed by atoms with van der Waals surface area (Å²) in [4.78, 5) is 18.1. The lowest BCUT2D eigenvalue weighted by molar-refractivity contribution is -0.161. The molecule has 3 aliphatic heterocycles. The van der Waals surface area contributed by atoms with Crippen LogP contribution in [0.4, 0.5) is 4.79 Å². The van der Waals surface area contributed by atoms with Crippen LogP contribution in [0.3, 0.4) is 0 Å². The number of rotatable bonds is 2. The van der Waals surface area contributed by atoms with Gasteiger partial charge < -0.3 is 20.1 Å². The molecule has 0 aromatic heterocycles. The van der Waals surface area contributed by atoms with Crippen LogP contribution in [-0.2, 0) is 4.74 Å². The van der Waals surface area contributed by atoms with Crippen LogP contribution in [0.5, 0.6) is 0 Å². The van der Waals surface area contributed by atoms with Crippen molar-refractivity contribution < 1.29 is 14.6 Å². The minimum Gasteiger partial charge on any atom is -0.465 e. The number of nitrogens with zero attached hydrogens (tertiary/aromatic N) is 2. The molecule has 4 atom stereocenters. The van der Waals surface area contributed by atoms with Crippen molar-refractivity contribution in [1.29, 1.82) is 0 Å². The molecule has 21 heavy (non-hydrogen) atoms. The van der Waals surface area contributed by atoms with Crippen LogP contribution in [0.25, 0.3) is 0 Å². The number of nitrogens with one attached hydrogen (secondary N) is 1. The second kappa shape index (κ2) is 4.60. The van der Waals surface area contributed by atoms with Gasteiger partial charge in [-0.05, 0) is 12.8 Å². The van der Waals surface area contributed by atoms with Crippen molar-refractivity contribution >= 4 is 12.4 Å². The van der Waals surface area contributed by atoms with Gasteiger partial charge in [-0.3, -0.25) is 4.99 Å². The van der Waals surface area contributed by atoms with Crippen LogP contribution < -0.4 is 5.32 Å². The van der Waals surface area contributed by atoms with E-state index in [0.29, 0.717) is 19.8 Å². The molecule has 3 unspecified atom stereocenters. The molecule has 0 radical (unpaired) electrons. The van der Waals surface area contributed by atoms with Gasteiger partial charge in [0.1, 0.15) is 0 Å². The lowest BCUT2D eigenvalue weighted by atomic mass is 9.62. The summed E-state index contributed by atoms with van der Waals surface area (Å²) in [7, 11) is 0. The van der Waals surface area contributed by atoms with E-state index in [9.17, 15) is 9.90 Å². The van der Waals surface area contributed by atoms with E-state index in [0.717, 1.165) is 0 Å². The first kappa shape index (κ1) is 14.6. The van der Waals surface area contributed by atoms with Crippen molar-refractivity contribution in [3.63, 3.8) is 0 Å². The summed E-state index contributed by atoms with van der Waals surface area (Å²) < 4.78 is 5.40. The molecule has 3 aliphatic rings. The summed E-state index contributed by atoms with van der Waals surface area (Å²) >= 11 is 0. The summed E-state index contributed by atoms with van der Waals surface area (Å²) in [5, 5.41) is 13.1. The number of amides is 1. The van der Waals surface area contributed by atoms with Crippen molar-refractivity contribution in [3.05, 3.63) is 0 Å². The molecule has 2 N–H and O–H groups in total. The van der Waals surface area contributed by atoms with E-state index >= 15 is 0 Å². The fourth-order valence-electron chi connectivity index (χ4n) is 4.52. The maximum absolute atomic E-state index is 11.8. The fraction of sp³-hybridized carbons (Fsp3) is 0.867. The Kier molecular flexibility index (Phi) is 3.20. The first-order valence-electron chi connectivity index (χ1n) is 7.66. The minimum absolute atomic E-state index is 0.0188. The Balaban J connectivity index is 2.00. The maximum atomic E-state index is 11.8. The molecule has 0 aliphatic carbocycles. The van der Waals surface area contributed by atoms with E-state index in [1.807, 2.05) is 0 Å². The van der Waals surface area contributed by atoms with Gasteiger partial charge in [-0.2, -0.15) is 0 Å². The topological polar surface area (TPSA) is 74.2 Å². The summed E-state index contributed by atoms with van der Waals surface area (Å²) in [6, 6.07) is 0.0257. The van der Waals surface area contributed by atoms with Gasteiger partial charge in [-0.1, -0.05) is 20.8 Å². The van der Waals surface area contributed by atoms with Crippen molar-refractivity contribution in [2.45, 2.75) is 45.3 Å². The number of piperidine rings is 1. The Hall–Kier alpha value is -1.30. The molecule has 0 aromatic rings. The zero-order valence-electron chi connectivity index (χ0n) is 13.2. The number of likely N-dealkylation sites (tertiary alicyclic amines) is 1. The van der Waals surface area contributed by atoms with Crippen LogP contribution in [0, 0.1) is 17.3 Å². The summed E-state index contributed by atoms with van der Waals surface area (Å²) in [5.41, 5.74) is -0.320. The average molecular weight is 295 g/mol. The SMILES string of the molecule is CC(C)C1N(C(=O)O)CC(C2(C)COC2)C2N=CN[C@@]21C. The quantitative estimate of drug-likeness (QED) is 0.808. The highest BCUT2D eigenvalue weighted by molar-refractivity contribution is 5.68. The molecule has 3 rings (SSSR count). The Morgan fingerprint density at radius 3 is 2.62 bits per heavy atom. The lowest BCUT2D eigenvalue weighted by Crippen LogP contribution is -2.73. The van der Waals surface area contributed by atoms with Gasteiger partial charge >= 0.3 is 6.09 Å². The monoisotopic (exact) mass is 295 g/mol. The van der Waals surface area contributed by atoms with Crippen LogP contribution in [-0.4, -0.2) is 59.8 Å². The van der Waals surface area contributed by atoms with Crippen molar-refractivity contribution in [1.82, 2.24) is 10.2 Å². The number of aliphatic imine (C=N–C) groups is 1. The molecule has 0 bridgehead atoms. The van der Waals surface area contributed by atoms with E-state index in [-0.39, 0.29) is 34.9 Å². The average Bonchev–Trinajstić information content (AvgIpc) is 2.75. The van der Waals surface area contributed by atoms with Crippen molar-refractivity contribution in [3.8, 4) is 0 Å². The zero-order chi connectivity index (χ0) is 15.4. The third-order valence-electron chi connectivity index (χ3n) is 5.59. The normalized spacial score (nSPS) is 40.6. The second-order valence-corrected chi connectivity index (χ2v) is 7.53. The van der Waals surface area contributed by atoms with Crippen LogP contribution in [0.2, 0.25) is 0 Å². The fourth-order valence-corrected chi connectivity index (χ4v) is 4.52. The van der Waals surface area contributed by atoms with Gasteiger partial charge in [-0.15, -0.1) is 0 Å². The van der Waals surface area contributed by atoms with Crippen molar-refractivity contribution in [2.75, 3.05) is 19.8 Å². The maximum Gasteiger partial charge on any atom is 0.407 e. The number of carboxylic acid groups (broad SMARTS) is 1. The second-order valence-electron chi connectivity index (χ2n) is 7.53. The first-order chi connectivity index (χ1) is 9.79. The van der Waals surface area contributed by atoms with Gasteiger partial charge in [-0.25, -0.2) is 4.79 Å². The summed E-state index contributed by atoms with van der Waals surface area (Å²) in [5.74, 6) is 0.419. The molecular formula is C15H25N3O3. The van der Waals surface area contributed by atoms with Gasteiger partial charge in [0.15, 0.2) is 0 Å². The molecule has 0 aromatic carbocycles. The van der Waals surface area contributed by atoms with E-state index in [4.69, 9.17) is 4.74 Å². The predicted molar refractivity (Wildman–Crippen MR) is 79.6 cm³/mol. The van der Waals surface area contributed by atoms with E-state index in [1.54, 1.807) is 11.2 Å². The first-order valence-corrected chi connectivity index (χ1v) is 7.66. The van der Waals surface area contributed by atoms with Gasteiger partial charge in [0, 0.05) is 17.9 Å². The predicted octanol–water partition coefficient (Wildman–Crippen LogP) is 1.42. The van der Waals surface area contributed by atoms with Gasteiger partial charge in [0.2, 0.25) is 0 Å². The van der Waals surface area contributed by atoms with Gasteiger partial charge in [0.25, 0.3) is 0 Å². The molecule has 0 spiro atoms. The Morgan fingerprint density at radius 1 is 1.48 bits per heavy atom. The van der Waals surface area contributed by atoms with Crippen LogP contribution >= 0.6 is 0 Å². The Labute approximate surface area is 125 Å². The molecule has 6 nitrogen and oxygen atoms in total. The lowest BCUT2D eigenvalue weighted by Gasteiger charge is -2.58. The smallest absolute Gasteiger partial charge is 0.407 e. The standard InChI is InChI=1S/C15H25N3O3/c1-9(2)12-15(4)11(16-8-17-15)10(5-18(12)13(19)20)14(3)6-21-7-14/h8-12H,5-7H2,1-4H3,(H,16,17)(H,19,20)/t10?,11?,12?,15-/m0/s1. The van der Waals surface area contributed by atoms with E-state index in [1.165, 1.54) is 0 Å². The molecule has 0 saturated carbocycles. The number of carbonyl (C=O) groups is 1. The summed E-state index contributed by atoms with van der Waals surface area (Å²) in [6.45, 7) is 10.4. The molecule has 118 valence electrons. The number of hydrogen-bond acceptors (Lipinski definition) is 4. The number of hydrogen-bond donors (Lipinski definition) is 2. The largest absolute Gasteiger partial charge is 0.465 e. The third-order valence-corrected chi connectivity index (χ3v) is 5.59. The third kappa shape index (κ3) is 1.95. The molecule has 1 amide bonds. The highest BCUT2D eigenvalue weighted by atomic mass is 16.5. The van der Waals surface area contributed by atoms with Crippen LogP contribution in [0.1, 0.15) is 27.7 Å². The number of ether oxygens (including phenoxy) is 1. The van der Waals surface area contributed by atoms with Crippen LogP contribution in [0.15, 0.2) is 4.99 Å². The highest BCUT2D eigenvalue weighted by Crippen LogP contribution is 2.48. The molecule has 2 fully saturated rings. The number of fused-ring (bicyclic) bond motifs is 1. The highest BCUT2D eigenvalue weighted by Gasteiger charge is 2.60. The molecule has 6 heteroatoms. The van der Waals surface area contributed by atoms with E-state index < -0.39 is 6.09 Å². The van der Waals surface area contributed by atoms with Crippen molar-refractivity contribution in [2.24, 2.45) is 22.2 Å². The Morgan fingerprint density at radius 2 is 2.14 bits per heavy atom. The van der Waals surface area contributed by atoms with E-state index in [2.05, 4.69) is 38.0 Å². The minimum atomic E-state index is -0.837. The van der Waals surface area contributed by atoms with Gasteiger partial charge in [0.05, 0.1) is 37.2 Å². The zero-order valence-corrected chi connectivity index (χ0v) is 13.2. The molecule has 2 saturated heterocycles. The Bertz CT molecular complexity index is 475. The summed E-state index contributed by atoms with van der Waals surface area (Å²) in [6.07, 6.45) is 0.928. The molecular weight excluding hydrogens is 270 g/mol.